The molecule has 0 saturated carbocycles. The normalized spacial score (nSPS) is 10.9. The third-order valence-corrected chi connectivity index (χ3v) is 2.26. The Hall–Kier alpha value is -2.61. The second-order valence-electron chi connectivity index (χ2n) is 3.25. The lowest BCUT2D eigenvalue weighted by Crippen LogP contribution is -2.13. The van der Waals surface area contributed by atoms with Gasteiger partial charge in [0.05, 0.1) is 21.7 Å². The summed E-state index contributed by atoms with van der Waals surface area (Å²) in [6.45, 7) is 0. The number of hydrogen-bond acceptors (Lipinski definition) is 5. The van der Waals surface area contributed by atoms with E-state index in [1.54, 1.807) is 0 Å². The molecule has 1 aromatic rings. The summed E-state index contributed by atoms with van der Waals surface area (Å²) in [4.78, 5) is 31.1. The zero-order valence-corrected chi connectivity index (χ0v) is 9.92. The van der Waals surface area contributed by atoms with Crippen LogP contribution in [-0.4, -0.2) is 27.1 Å². The van der Waals surface area contributed by atoms with Crippen molar-refractivity contribution < 1.29 is 24.7 Å². The van der Waals surface area contributed by atoms with Crippen molar-refractivity contribution in [3.05, 3.63) is 45.1 Å². The number of nitro groups is 1. The van der Waals surface area contributed by atoms with Gasteiger partial charge in [0.1, 0.15) is 5.70 Å². The van der Waals surface area contributed by atoms with Gasteiger partial charge in [-0.25, -0.2) is 9.59 Å². The Morgan fingerprint density at radius 3 is 2.47 bits per heavy atom. The van der Waals surface area contributed by atoms with Gasteiger partial charge in [0, 0.05) is 12.1 Å². The highest BCUT2D eigenvalue weighted by atomic mass is 35.5. The lowest BCUT2D eigenvalue weighted by Gasteiger charge is -2.08. The third-order valence-electron chi connectivity index (χ3n) is 1.93. The highest BCUT2D eigenvalue weighted by Crippen LogP contribution is 2.27. The summed E-state index contributed by atoms with van der Waals surface area (Å²) in [6.07, 6.45) is 0.414. The van der Waals surface area contributed by atoms with Crippen LogP contribution in [0.15, 0.2) is 30.0 Å². The molecule has 1 rings (SSSR count). The first-order valence-corrected chi connectivity index (χ1v) is 5.08. The Morgan fingerprint density at radius 2 is 2.00 bits per heavy atom. The molecule has 3 N–H and O–H groups in total. The largest absolute Gasteiger partial charge is 0.478 e. The summed E-state index contributed by atoms with van der Waals surface area (Å²) in [5.74, 6) is -3.02. The molecule has 0 spiro atoms. The first kappa shape index (κ1) is 14.5. The standard InChI is InChI=1S/C10H7ClN2O6/c11-6-2-1-5(13(18)19)3-7(6)12-8(10(16)17)4-9(14)15/h1-4,12H,(H,14,15)(H,16,17)/b8-4-. The molecule has 0 aliphatic rings. The molecular formula is C10H7ClN2O6. The topological polar surface area (TPSA) is 130 Å². The van der Waals surface area contributed by atoms with E-state index in [2.05, 4.69) is 5.32 Å². The van der Waals surface area contributed by atoms with Gasteiger partial charge >= 0.3 is 11.9 Å². The van der Waals surface area contributed by atoms with E-state index in [1.165, 1.54) is 6.07 Å². The molecular weight excluding hydrogens is 280 g/mol. The Morgan fingerprint density at radius 1 is 1.37 bits per heavy atom. The van der Waals surface area contributed by atoms with E-state index in [1.807, 2.05) is 0 Å². The van der Waals surface area contributed by atoms with Gasteiger partial charge in [-0.3, -0.25) is 10.1 Å². The van der Waals surface area contributed by atoms with Crippen molar-refractivity contribution in [1.82, 2.24) is 0 Å². The molecule has 0 saturated heterocycles. The number of carboxylic acids is 2. The number of anilines is 1. The Kier molecular flexibility index (Phi) is 4.43. The Balaban J connectivity index is 3.16. The van der Waals surface area contributed by atoms with Gasteiger partial charge in [0.2, 0.25) is 0 Å². The second kappa shape index (κ2) is 5.83. The molecule has 0 aliphatic carbocycles. The molecule has 0 aliphatic heterocycles. The summed E-state index contributed by atoms with van der Waals surface area (Å²) >= 11 is 5.73. The minimum Gasteiger partial charge on any atom is -0.478 e. The fourth-order valence-corrected chi connectivity index (χ4v) is 1.31. The van der Waals surface area contributed by atoms with Crippen LogP contribution in [0.4, 0.5) is 11.4 Å². The summed E-state index contributed by atoms with van der Waals surface area (Å²) in [7, 11) is 0. The minimum absolute atomic E-state index is 0.0168. The van der Waals surface area contributed by atoms with Crippen LogP contribution >= 0.6 is 11.6 Å². The molecule has 0 heterocycles. The van der Waals surface area contributed by atoms with Crippen molar-refractivity contribution in [2.24, 2.45) is 0 Å². The number of halogens is 1. The minimum atomic E-state index is -1.54. The molecule has 0 atom stereocenters. The van der Waals surface area contributed by atoms with Gasteiger partial charge < -0.3 is 15.5 Å². The highest BCUT2D eigenvalue weighted by Gasteiger charge is 2.14. The molecule has 0 radical (unpaired) electrons. The zero-order valence-electron chi connectivity index (χ0n) is 9.16. The van der Waals surface area contributed by atoms with Gasteiger partial charge in [-0.2, -0.15) is 0 Å². The van der Waals surface area contributed by atoms with Gasteiger partial charge in [0.15, 0.2) is 0 Å². The summed E-state index contributed by atoms with van der Waals surface area (Å²) < 4.78 is 0. The maximum absolute atomic E-state index is 10.8. The molecule has 100 valence electrons. The predicted molar refractivity (Wildman–Crippen MR) is 65.1 cm³/mol. The second-order valence-corrected chi connectivity index (χ2v) is 3.65. The van der Waals surface area contributed by atoms with E-state index in [4.69, 9.17) is 21.8 Å². The van der Waals surface area contributed by atoms with Crippen molar-refractivity contribution in [2.75, 3.05) is 5.32 Å². The molecule has 0 unspecified atom stereocenters. The van der Waals surface area contributed by atoms with E-state index in [0.717, 1.165) is 12.1 Å². The Bertz CT molecular complexity index is 583. The summed E-state index contributed by atoms with van der Waals surface area (Å²) in [5.41, 5.74) is -1.06. The van der Waals surface area contributed by atoms with Gasteiger partial charge in [0.25, 0.3) is 5.69 Å². The van der Waals surface area contributed by atoms with Gasteiger partial charge in [-0.1, -0.05) is 11.6 Å². The summed E-state index contributed by atoms with van der Waals surface area (Å²) in [6, 6.07) is 3.33. The van der Waals surface area contributed by atoms with E-state index >= 15 is 0 Å². The lowest BCUT2D eigenvalue weighted by atomic mass is 10.2. The zero-order chi connectivity index (χ0) is 14.6. The number of nitrogens with one attached hydrogen (secondary N) is 1. The van der Waals surface area contributed by atoms with Crippen molar-refractivity contribution in [2.45, 2.75) is 0 Å². The molecule has 0 bridgehead atoms. The first-order chi connectivity index (χ1) is 8.81. The van der Waals surface area contributed by atoms with E-state index in [0.29, 0.717) is 6.08 Å². The fraction of sp³-hybridized carbons (Fsp3) is 0. The van der Waals surface area contributed by atoms with Crippen LogP contribution in [0.2, 0.25) is 5.02 Å². The number of nitrogens with zero attached hydrogens (tertiary/aromatic N) is 1. The number of nitro benzene ring substituents is 1. The monoisotopic (exact) mass is 286 g/mol. The first-order valence-electron chi connectivity index (χ1n) is 4.70. The van der Waals surface area contributed by atoms with Crippen LogP contribution in [0.3, 0.4) is 0 Å². The van der Waals surface area contributed by atoms with E-state index in [-0.39, 0.29) is 16.4 Å². The number of non-ortho nitro benzene ring substituents is 1. The Labute approximate surface area is 111 Å². The van der Waals surface area contributed by atoms with Gasteiger partial charge in [-0.15, -0.1) is 0 Å². The number of carbonyl (C=O) groups is 2. The molecule has 8 nitrogen and oxygen atoms in total. The average Bonchev–Trinajstić information content (AvgIpc) is 2.29. The number of aliphatic carboxylic acids is 2. The quantitative estimate of drug-likeness (QED) is 0.426. The van der Waals surface area contributed by atoms with Crippen LogP contribution in [0.5, 0.6) is 0 Å². The van der Waals surface area contributed by atoms with Crippen molar-refractivity contribution in [3.63, 3.8) is 0 Å². The van der Waals surface area contributed by atoms with Gasteiger partial charge in [-0.05, 0) is 6.07 Å². The third kappa shape index (κ3) is 3.96. The summed E-state index contributed by atoms with van der Waals surface area (Å²) in [5, 5.41) is 30.1. The smallest absolute Gasteiger partial charge is 0.352 e. The van der Waals surface area contributed by atoms with Crippen LogP contribution in [-0.2, 0) is 9.59 Å². The number of rotatable bonds is 5. The van der Waals surface area contributed by atoms with E-state index < -0.39 is 22.6 Å². The maximum atomic E-state index is 10.8. The number of carboxylic acid groups (broad SMARTS) is 2. The molecule has 0 fully saturated rings. The molecule has 0 amide bonds. The number of hydrogen-bond donors (Lipinski definition) is 3. The van der Waals surface area contributed by atoms with Crippen molar-refractivity contribution >= 4 is 34.9 Å². The van der Waals surface area contributed by atoms with E-state index in [9.17, 15) is 19.7 Å². The van der Waals surface area contributed by atoms with Crippen molar-refractivity contribution in [1.29, 1.82) is 0 Å². The molecule has 1 aromatic carbocycles. The highest BCUT2D eigenvalue weighted by molar-refractivity contribution is 6.33. The van der Waals surface area contributed by atoms with Crippen LogP contribution in [0.1, 0.15) is 0 Å². The molecule has 9 heteroatoms. The van der Waals surface area contributed by atoms with Crippen LogP contribution in [0, 0.1) is 10.1 Å². The lowest BCUT2D eigenvalue weighted by molar-refractivity contribution is -0.384. The average molecular weight is 287 g/mol. The van der Waals surface area contributed by atoms with Crippen LogP contribution < -0.4 is 5.32 Å². The molecule has 0 aromatic heterocycles. The fourth-order valence-electron chi connectivity index (χ4n) is 1.14. The maximum Gasteiger partial charge on any atom is 0.352 e. The van der Waals surface area contributed by atoms with Crippen LogP contribution in [0.25, 0.3) is 0 Å². The SMILES string of the molecule is O=C(O)/C=C(\Nc1cc([N+](=O)[O-])ccc1Cl)C(=O)O. The predicted octanol–water partition coefficient (Wildman–Crippen LogP) is 1.71. The number of benzene rings is 1. The van der Waals surface area contributed by atoms with Crippen molar-refractivity contribution in [3.8, 4) is 0 Å². The molecule has 19 heavy (non-hydrogen) atoms.